The molecule has 1 aromatic carbocycles. The second-order valence-electron chi connectivity index (χ2n) is 4.86. The fourth-order valence-corrected chi connectivity index (χ4v) is 2.01. The van der Waals surface area contributed by atoms with E-state index >= 15 is 0 Å². The predicted molar refractivity (Wildman–Crippen MR) is 72.3 cm³/mol. The van der Waals surface area contributed by atoms with Gasteiger partial charge in [-0.2, -0.15) is 0 Å². The molecular formula is C14H24N2O. The first kappa shape index (κ1) is 14.0. The third-order valence-corrected chi connectivity index (χ3v) is 3.86. The molecule has 17 heavy (non-hydrogen) atoms. The van der Waals surface area contributed by atoms with Crippen LogP contribution in [0.2, 0.25) is 0 Å². The molecule has 3 nitrogen and oxygen atoms in total. The molecule has 0 fully saturated rings. The highest BCUT2D eigenvalue weighted by atomic mass is 16.5. The lowest BCUT2D eigenvalue weighted by Crippen LogP contribution is -2.49. The lowest BCUT2D eigenvalue weighted by Gasteiger charge is -2.41. The average molecular weight is 236 g/mol. The SMILES string of the molecule is CCC(C)(C(N)c1cccc(OC)c1)N(C)C. The Morgan fingerprint density at radius 2 is 2.06 bits per heavy atom. The van der Waals surface area contributed by atoms with Crippen molar-refractivity contribution in [3.8, 4) is 5.75 Å². The van der Waals surface area contributed by atoms with E-state index < -0.39 is 0 Å². The maximum atomic E-state index is 6.41. The number of benzene rings is 1. The molecule has 0 aliphatic rings. The Bertz CT molecular complexity index is 365. The number of methoxy groups -OCH3 is 1. The first-order valence-corrected chi connectivity index (χ1v) is 6.02. The zero-order chi connectivity index (χ0) is 13.1. The molecule has 96 valence electrons. The third kappa shape index (κ3) is 2.79. The molecule has 2 N–H and O–H groups in total. The lowest BCUT2D eigenvalue weighted by atomic mass is 9.84. The maximum Gasteiger partial charge on any atom is 0.119 e. The van der Waals surface area contributed by atoms with Gasteiger partial charge in [0.1, 0.15) is 5.75 Å². The summed E-state index contributed by atoms with van der Waals surface area (Å²) in [7, 11) is 5.82. The monoisotopic (exact) mass is 236 g/mol. The smallest absolute Gasteiger partial charge is 0.119 e. The highest BCUT2D eigenvalue weighted by molar-refractivity contribution is 5.32. The Kier molecular flexibility index (Phi) is 4.54. The molecule has 1 aromatic rings. The lowest BCUT2D eigenvalue weighted by molar-refractivity contribution is 0.132. The van der Waals surface area contributed by atoms with E-state index in [4.69, 9.17) is 10.5 Å². The van der Waals surface area contributed by atoms with Gasteiger partial charge in [0.2, 0.25) is 0 Å². The van der Waals surface area contributed by atoms with Crippen LogP contribution in [0.25, 0.3) is 0 Å². The van der Waals surface area contributed by atoms with Gasteiger partial charge in [-0.05, 0) is 45.1 Å². The molecule has 0 aliphatic carbocycles. The van der Waals surface area contributed by atoms with Gasteiger partial charge in [-0.15, -0.1) is 0 Å². The third-order valence-electron chi connectivity index (χ3n) is 3.86. The number of hydrogen-bond acceptors (Lipinski definition) is 3. The van der Waals surface area contributed by atoms with E-state index in [1.54, 1.807) is 7.11 Å². The highest BCUT2D eigenvalue weighted by Gasteiger charge is 2.33. The van der Waals surface area contributed by atoms with Crippen molar-refractivity contribution in [2.24, 2.45) is 5.73 Å². The van der Waals surface area contributed by atoms with Gasteiger partial charge >= 0.3 is 0 Å². The molecule has 3 heteroatoms. The van der Waals surface area contributed by atoms with Crippen molar-refractivity contribution in [1.29, 1.82) is 0 Å². The number of nitrogens with two attached hydrogens (primary N) is 1. The minimum absolute atomic E-state index is 0.0300. The minimum Gasteiger partial charge on any atom is -0.497 e. The molecule has 2 unspecified atom stereocenters. The number of likely N-dealkylation sites (N-methyl/N-ethyl adjacent to an activating group) is 1. The van der Waals surface area contributed by atoms with Crippen molar-refractivity contribution in [2.45, 2.75) is 31.8 Å². The zero-order valence-electron chi connectivity index (χ0n) is 11.5. The zero-order valence-corrected chi connectivity index (χ0v) is 11.5. The molecule has 0 radical (unpaired) electrons. The molecule has 0 amide bonds. The fraction of sp³-hybridized carbons (Fsp3) is 0.571. The van der Waals surface area contributed by atoms with E-state index in [1.165, 1.54) is 0 Å². The van der Waals surface area contributed by atoms with Crippen molar-refractivity contribution in [3.05, 3.63) is 29.8 Å². The second kappa shape index (κ2) is 5.52. The van der Waals surface area contributed by atoms with E-state index in [0.717, 1.165) is 17.7 Å². The van der Waals surface area contributed by atoms with E-state index in [1.807, 2.05) is 18.2 Å². The Labute approximate surface area is 105 Å². The molecule has 1 rings (SSSR count). The van der Waals surface area contributed by atoms with Crippen molar-refractivity contribution >= 4 is 0 Å². The number of nitrogens with zero attached hydrogens (tertiary/aromatic N) is 1. The number of rotatable bonds is 5. The molecule has 0 bridgehead atoms. The van der Waals surface area contributed by atoms with Crippen LogP contribution >= 0.6 is 0 Å². The van der Waals surface area contributed by atoms with E-state index in [2.05, 4.69) is 38.9 Å². The number of hydrogen-bond donors (Lipinski definition) is 1. The molecular weight excluding hydrogens is 212 g/mol. The molecule has 2 atom stereocenters. The van der Waals surface area contributed by atoms with Crippen LogP contribution in [-0.4, -0.2) is 31.6 Å². The molecule has 0 aromatic heterocycles. The quantitative estimate of drug-likeness (QED) is 0.853. The van der Waals surface area contributed by atoms with Crippen LogP contribution in [0.5, 0.6) is 5.75 Å². The van der Waals surface area contributed by atoms with Crippen LogP contribution in [0.1, 0.15) is 31.9 Å². The Balaban J connectivity index is 3.05. The van der Waals surface area contributed by atoms with Gasteiger partial charge in [0.25, 0.3) is 0 Å². The summed E-state index contributed by atoms with van der Waals surface area (Å²) < 4.78 is 5.24. The molecule has 0 spiro atoms. The predicted octanol–water partition coefficient (Wildman–Crippen LogP) is 2.43. The second-order valence-corrected chi connectivity index (χ2v) is 4.86. The van der Waals surface area contributed by atoms with Crippen LogP contribution in [0.4, 0.5) is 0 Å². The van der Waals surface area contributed by atoms with E-state index in [9.17, 15) is 0 Å². The summed E-state index contributed by atoms with van der Waals surface area (Å²) in [6.07, 6.45) is 0.998. The first-order valence-electron chi connectivity index (χ1n) is 6.02. The highest BCUT2D eigenvalue weighted by Crippen LogP contribution is 2.31. The summed E-state index contributed by atoms with van der Waals surface area (Å²) in [6, 6.07) is 7.97. The van der Waals surface area contributed by atoms with E-state index in [-0.39, 0.29) is 11.6 Å². The van der Waals surface area contributed by atoms with Gasteiger partial charge in [0, 0.05) is 11.6 Å². The van der Waals surface area contributed by atoms with Gasteiger partial charge in [-0.3, -0.25) is 0 Å². The summed E-state index contributed by atoms with van der Waals surface area (Å²) in [5.41, 5.74) is 7.48. The molecule has 0 saturated heterocycles. The molecule has 0 heterocycles. The summed E-state index contributed by atoms with van der Waals surface area (Å²) in [4.78, 5) is 2.19. The standard InChI is InChI=1S/C14H24N2O/c1-6-14(2,16(3)4)13(15)11-8-7-9-12(10-11)17-5/h7-10,13H,6,15H2,1-5H3. The average Bonchev–Trinajstić information content (AvgIpc) is 2.36. The minimum atomic E-state index is -0.0492. The van der Waals surface area contributed by atoms with Gasteiger partial charge in [-0.1, -0.05) is 19.1 Å². The first-order chi connectivity index (χ1) is 7.95. The van der Waals surface area contributed by atoms with Gasteiger partial charge in [0.05, 0.1) is 7.11 Å². The van der Waals surface area contributed by atoms with Crippen LogP contribution in [0.15, 0.2) is 24.3 Å². The van der Waals surface area contributed by atoms with Crippen molar-refractivity contribution < 1.29 is 4.74 Å². The summed E-state index contributed by atoms with van der Waals surface area (Å²) in [6.45, 7) is 4.36. The molecule has 0 saturated carbocycles. The Morgan fingerprint density at radius 3 is 2.53 bits per heavy atom. The van der Waals surface area contributed by atoms with E-state index in [0.29, 0.717) is 0 Å². The number of ether oxygens (including phenoxy) is 1. The summed E-state index contributed by atoms with van der Waals surface area (Å²) >= 11 is 0. The van der Waals surface area contributed by atoms with Crippen molar-refractivity contribution in [2.75, 3.05) is 21.2 Å². The van der Waals surface area contributed by atoms with Crippen molar-refractivity contribution in [1.82, 2.24) is 4.90 Å². The summed E-state index contributed by atoms with van der Waals surface area (Å²) in [5.74, 6) is 0.857. The van der Waals surface area contributed by atoms with Crippen LogP contribution in [-0.2, 0) is 0 Å². The topological polar surface area (TPSA) is 38.5 Å². The summed E-state index contributed by atoms with van der Waals surface area (Å²) in [5, 5.41) is 0. The van der Waals surface area contributed by atoms with Crippen LogP contribution < -0.4 is 10.5 Å². The van der Waals surface area contributed by atoms with Gasteiger partial charge in [0.15, 0.2) is 0 Å². The van der Waals surface area contributed by atoms with Crippen molar-refractivity contribution in [3.63, 3.8) is 0 Å². The normalized spacial score (nSPS) is 16.6. The largest absolute Gasteiger partial charge is 0.497 e. The van der Waals surface area contributed by atoms with Gasteiger partial charge in [-0.25, -0.2) is 0 Å². The maximum absolute atomic E-state index is 6.41. The fourth-order valence-electron chi connectivity index (χ4n) is 2.01. The Hall–Kier alpha value is -1.06. The van der Waals surface area contributed by atoms with Gasteiger partial charge < -0.3 is 15.4 Å². The van der Waals surface area contributed by atoms with Crippen LogP contribution in [0, 0.1) is 0 Å². The molecule has 0 aliphatic heterocycles. The van der Waals surface area contributed by atoms with Crippen LogP contribution in [0.3, 0.4) is 0 Å². The Morgan fingerprint density at radius 1 is 1.41 bits per heavy atom.